The van der Waals surface area contributed by atoms with Gasteiger partial charge in [0.25, 0.3) is 0 Å². The second-order valence-electron chi connectivity index (χ2n) is 3.59. The number of benzene rings is 1. The molecule has 0 saturated carbocycles. The van der Waals surface area contributed by atoms with Gasteiger partial charge >= 0.3 is 4.96 Å². The van der Waals surface area contributed by atoms with Crippen molar-refractivity contribution in [2.75, 3.05) is 0 Å². The lowest BCUT2D eigenvalue weighted by molar-refractivity contribution is -0.505. The summed E-state index contributed by atoms with van der Waals surface area (Å²) in [7, 11) is 0. The van der Waals surface area contributed by atoms with Crippen molar-refractivity contribution in [1.29, 1.82) is 0 Å². The molecule has 3 heteroatoms. The van der Waals surface area contributed by atoms with Gasteiger partial charge in [-0.3, -0.25) is 0 Å². The highest BCUT2D eigenvalue weighted by Crippen LogP contribution is 2.18. The van der Waals surface area contributed by atoms with Crippen LogP contribution in [0.2, 0.25) is 0 Å². The van der Waals surface area contributed by atoms with E-state index in [9.17, 15) is 0 Å². The van der Waals surface area contributed by atoms with E-state index in [2.05, 4.69) is 53.0 Å². The first kappa shape index (κ1) is 8.68. The number of fused-ring (bicyclic) bond motifs is 1. The number of hydrogen-bond donors (Lipinski definition) is 1. The van der Waals surface area contributed by atoms with Crippen molar-refractivity contribution in [3.8, 4) is 11.3 Å². The average Bonchev–Trinajstić information content (AvgIpc) is 2.76. The van der Waals surface area contributed by atoms with Crippen LogP contribution >= 0.6 is 11.3 Å². The highest BCUT2D eigenvalue weighted by atomic mass is 32.1. The standard InChI is InChI=1S/C12H10N2S/c1-9-7-14-8-11(13-12(14)15-9)10-5-3-2-4-6-10/h2-8H,1H3/p+1. The fraction of sp³-hybridized carbons (Fsp3) is 0.0833. The molecule has 0 bridgehead atoms. The Morgan fingerprint density at radius 1 is 1.13 bits per heavy atom. The van der Waals surface area contributed by atoms with Crippen molar-refractivity contribution in [3.05, 3.63) is 47.6 Å². The van der Waals surface area contributed by atoms with Gasteiger partial charge in [0.1, 0.15) is 12.4 Å². The van der Waals surface area contributed by atoms with Gasteiger partial charge in [0.15, 0.2) is 5.69 Å². The highest BCUT2D eigenvalue weighted by molar-refractivity contribution is 7.16. The lowest BCUT2D eigenvalue weighted by Gasteiger charge is -1.89. The fourth-order valence-corrected chi connectivity index (χ4v) is 2.57. The summed E-state index contributed by atoms with van der Waals surface area (Å²) >= 11 is 1.78. The van der Waals surface area contributed by atoms with Gasteiger partial charge in [0.05, 0.1) is 0 Å². The van der Waals surface area contributed by atoms with Gasteiger partial charge in [-0.25, -0.2) is 4.98 Å². The molecular formula is C12H11N2S+. The average molecular weight is 215 g/mol. The van der Waals surface area contributed by atoms with Gasteiger partial charge in [-0.05, 0) is 6.92 Å². The van der Waals surface area contributed by atoms with E-state index in [-0.39, 0.29) is 0 Å². The van der Waals surface area contributed by atoms with Crippen LogP contribution in [0, 0.1) is 6.92 Å². The van der Waals surface area contributed by atoms with Gasteiger partial charge in [0.2, 0.25) is 0 Å². The molecule has 1 aromatic carbocycles. The molecule has 0 spiro atoms. The van der Waals surface area contributed by atoms with Crippen LogP contribution in [0.4, 0.5) is 0 Å². The number of hydrogen-bond acceptors (Lipinski definition) is 1. The Bertz CT molecular complexity index is 561. The Morgan fingerprint density at radius 2 is 1.93 bits per heavy atom. The van der Waals surface area contributed by atoms with Gasteiger partial charge in [-0.15, -0.1) is 0 Å². The maximum Gasteiger partial charge on any atom is 0.344 e. The van der Waals surface area contributed by atoms with E-state index < -0.39 is 0 Å². The van der Waals surface area contributed by atoms with E-state index >= 15 is 0 Å². The van der Waals surface area contributed by atoms with E-state index in [1.54, 1.807) is 11.3 Å². The number of nitrogens with one attached hydrogen (secondary N) is 1. The normalized spacial score (nSPS) is 11.0. The van der Waals surface area contributed by atoms with Crippen molar-refractivity contribution >= 4 is 16.3 Å². The van der Waals surface area contributed by atoms with Crippen LogP contribution in [-0.4, -0.2) is 4.98 Å². The molecule has 0 aliphatic carbocycles. The maximum absolute atomic E-state index is 3.41. The van der Waals surface area contributed by atoms with Crippen molar-refractivity contribution in [3.63, 3.8) is 0 Å². The van der Waals surface area contributed by atoms with Crippen LogP contribution < -0.4 is 4.40 Å². The summed E-state index contributed by atoms with van der Waals surface area (Å²) in [6, 6.07) is 10.4. The zero-order valence-electron chi connectivity index (χ0n) is 8.40. The smallest absolute Gasteiger partial charge is 0.227 e. The van der Waals surface area contributed by atoms with Gasteiger partial charge in [-0.1, -0.05) is 41.7 Å². The van der Waals surface area contributed by atoms with Crippen molar-refractivity contribution < 1.29 is 4.40 Å². The summed E-state index contributed by atoms with van der Waals surface area (Å²) in [5.41, 5.74) is 2.40. The molecule has 0 aliphatic heterocycles. The molecule has 0 atom stereocenters. The summed E-state index contributed by atoms with van der Waals surface area (Å²) in [4.78, 5) is 5.92. The predicted octanol–water partition coefficient (Wildman–Crippen LogP) is 2.79. The first-order valence-electron chi connectivity index (χ1n) is 4.89. The zero-order valence-corrected chi connectivity index (χ0v) is 9.21. The summed E-state index contributed by atoms with van der Waals surface area (Å²) < 4.78 is 2.14. The number of H-pyrrole nitrogens is 1. The molecule has 74 valence electrons. The number of imidazole rings is 1. The number of nitrogens with zero attached hydrogens (tertiary/aromatic N) is 1. The fourth-order valence-electron chi connectivity index (χ4n) is 1.72. The van der Waals surface area contributed by atoms with E-state index in [0.29, 0.717) is 0 Å². The predicted molar refractivity (Wildman–Crippen MR) is 62.0 cm³/mol. The van der Waals surface area contributed by atoms with Crippen LogP contribution in [0.15, 0.2) is 42.7 Å². The SMILES string of the molecule is Cc1c[n+]2cc(-c3ccccc3)[nH]c2s1. The number of thiazole rings is 1. The van der Waals surface area contributed by atoms with Crippen LogP contribution in [0.1, 0.15) is 4.88 Å². The number of rotatable bonds is 1. The molecule has 0 radical (unpaired) electrons. The Labute approximate surface area is 91.8 Å². The molecule has 0 fully saturated rings. The molecule has 2 heterocycles. The molecule has 0 amide bonds. The largest absolute Gasteiger partial charge is 0.344 e. The van der Waals surface area contributed by atoms with E-state index in [1.165, 1.54) is 21.1 Å². The quantitative estimate of drug-likeness (QED) is 0.602. The van der Waals surface area contributed by atoms with Gasteiger partial charge in [-0.2, -0.15) is 4.40 Å². The minimum absolute atomic E-state index is 1.17. The number of aromatic amines is 1. The van der Waals surface area contributed by atoms with Crippen LogP contribution in [0.5, 0.6) is 0 Å². The third-order valence-corrected chi connectivity index (χ3v) is 3.34. The Morgan fingerprint density at radius 3 is 2.67 bits per heavy atom. The molecule has 0 unspecified atom stereocenters. The topological polar surface area (TPSA) is 19.9 Å². The molecule has 0 saturated heterocycles. The maximum atomic E-state index is 3.41. The monoisotopic (exact) mass is 215 g/mol. The van der Waals surface area contributed by atoms with Crippen molar-refractivity contribution in [2.24, 2.45) is 0 Å². The summed E-state index contributed by atoms with van der Waals surface area (Å²) in [6.45, 7) is 2.12. The zero-order chi connectivity index (χ0) is 10.3. The molecule has 0 aliphatic rings. The molecule has 2 nitrogen and oxygen atoms in total. The van der Waals surface area contributed by atoms with Crippen molar-refractivity contribution in [2.45, 2.75) is 6.92 Å². The molecular weight excluding hydrogens is 204 g/mol. The molecule has 15 heavy (non-hydrogen) atoms. The van der Waals surface area contributed by atoms with Gasteiger partial charge in [0, 0.05) is 10.4 Å². The minimum Gasteiger partial charge on any atom is -0.227 e. The summed E-state index contributed by atoms with van der Waals surface area (Å²) in [5.74, 6) is 0. The van der Waals surface area contributed by atoms with Crippen LogP contribution in [0.3, 0.4) is 0 Å². The summed E-state index contributed by atoms with van der Waals surface area (Å²) in [6.07, 6.45) is 4.27. The second kappa shape index (κ2) is 3.21. The molecule has 3 rings (SSSR count). The molecule has 1 N–H and O–H groups in total. The lowest BCUT2D eigenvalue weighted by atomic mass is 10.2. The van der Waals surface area contributed by atoms with E-state index in [0.717, 1.165) is 0 Å². The third kappa shape index (κ3) is 1.45. The number of aryl methyl sites for hydroxylation is 1. The van der Waals surface area contributed by atoms with Crippen LogP contribution in [0.25, 0.3) is 16.2 Å². The minimum atomic E-state index is 1.17. The lowest BCUT2D eigenvalue weighted by Crippen LogP contribution is -2.12. The Kier molecular flexibility index (Phi) is 1.86. The van der Waals surface area contributed by atoms with Crippen molar-refractivity contribution in [1.82, 2.24) is 4.98 Å². The highest BCUT2D eigenvalue weighted by Gasteiger charge is 2.12. The molecule has 2 aromatic heterocycles. The van der Waals surface area contributed by atoms with E-state index in [4.69, 9.17) is 0 Å². The Balaban J connectivity index is 2.16. The van der Waals surface area contributed by atoms with Gasteiger partial charge < -0.3 is 0 Å². The van der Waals surface area contributed by atoms with Crippen LogP contribution in [-0.2, 0) is 0 Å². The third-order valence-electron chi connectivity index (χ3n) is 2.41. The number of aromatic nitrogens is 2. The second-order valence-corrected chi connectivity index (χ2v) is 4.82. The first-order chi connectivity index (χ1) is 7.33. The molecule has 3 aromatic rings. The first-order valence-corrected chi connectivity index (χ1v) is 5.70. The summed E-state index contributed by atoms with van der Waals surface area (Å²) in [5, 5.41) is 0. The van der Waals surface area contributed by atoms with E-state index in [1.807, 2.05) is 6.07 Å². The Hall–Kier alpha value is -1.61.